The SMILES string of the molecule is CC(Br)C(C)c1ncccc1Br. The van der Waals surface area contributed by atoms with E-state index in [1.165, 1.54) is 0 Å². The fraction of sp³-hybridized carbons (Fsp3) is 0.444. The quantitative estimate of drug-likeness (QED) is 0.757. The fourth-order valence-corrected chi connectivity index (χ4v) is 1.82. The molecular formula is C9H11Br2N. The van der Waals surface area contributed by atoms with Crippen LogP contribution in [0.4, 0.5) is 0 Å². The van der Waals surface area contributed by atoms with E-state index in [4.69, 9.17) is 0 Å². The minimum Gasteiger partial charge on any atom is -0.260 e. The van der Waals surface area contributed by atoms with E-state index in [1.54, 1.807) is 0 Å². The molecule has 0 fully saturated rings. The molecule has 0 saturated heterocycles. The van der Waals surface area contributed by atoms with Crippen LogP contribution in [0.1, 0.15) is 25.5 Å². The molecule has 1 nitrogen and oxygen atoms in total. The Bertz CT molecular complexity index is 260. The first-order valence-electron chi connectivity index (χ1n) is 3.87. The summed E-state index contributed by atoms with van der Waals surface area (Å²) in [6.45, 7) is 4.29. The molecule has 0 N–H and O–H groups in total. The van der Waals surface area contributed by atoms with Crippen molar-refractivity contribution in [1.29, 1.82) is 0 Å². The molecule has 0 aromatic carbocycles. The van der Waals surface area contributed by atoms with Crippen LogP contribution in [0.3, 0.4) is 0 Å². The predicted octanol–water partition coefficient (Wildman–Crippen LogP) is 3.73. The Balaban J connectivity index is 2.94. The van der Waals surface area contributed by atoms with E-state index in [0.29, 0.717) is 10.7 Å². The highest BCUT2D eigenvalue weighted by Crippen LogP contribution is 2.27. The minimum absolute atomic E-state index is 0.431. The maximum absolute atomic E-state index is 4.32. The molecule has 0 amide bonds. The van der Waals surface area contributed by atoms with Crippen LogP contribution >= 0.6 is 31.9 Å². The molecular weight excluding hydrogens is 282 g/mol. The first kappa shape index (κ1) is 10.2. The molecule has 1 heterocycles. The first-order valence-corrected chi connectivity index (χ1v) is 5.58. The van der Waals surface area contributed by atoms with Gasteiger partial charge in [-0.3, -0.25) is 4.98 Å². The monoisotopic (exact) mass is 291 g/mol. The van der Waals surface area contributed by atoms with Gasteiger partial charge in [-0.2, -0.15) is 0 Å². The van der Waals surface area contributed by atoms with E-state index in [2.05, 4.69) is 50.7 Å². The Morgan fingerprint density at radius 3 is 2.58 bits per heavy atom. The zero-order valence-corrected chi connectivity index (χ0v) is 10.3. The molecule has 0 spiro atoms. The Morgan fingerprint density at radius 2 is 2.08 bits per heavy atom. The second-order valence-electron chi connectivity index (χ2n) is 2.84. The van der Waals surface area contributed by atoms with Gasteiger partial charge in [0.2, 0.25) is 0 Å². The molecule has 2 atom stereocenters. The Morgan fingerprint density at radius 1 is 1.42 bits per heavy atom. The molecule has 1 aromatic rings. The number of rotatable bonds is 2. The maximum Gasteiger partial charge on any atom is 0.0584 e. The number of alkyl halides is 1. The van der Waals surface area contributed by atoms with E-state index in [9.17, 15) is 0 Å². The smallest absolute Gasteiger partial charge is 0.0584 e. The van der Waals surface area contributed by atoms with Gasteiger partial charge < -0.3 is 0 Å². The van der Waals surface area contributed by atoms with Gasteiger partial charge in [0.25, 0.3) is 0 Å². The molecule has 12 heavy (non-hydrogen) atoms. The van der Waals surface area contributed by atoms with Crippen molar-refractivity contribution in [3.8, 4) is 0 Å². The summed E-state index contributed by atoms with van der Waals surface area (Å²) in [7, 11) is 0. The zero-order chi connectivity index (χ0) is 9.14. The molecule has 0 bridgehead atoms. The van der Waals surface area contributed by atoms with Gasteiger partial charge in [-0.25, -0.2) is 0 Å². The van der Waals surface area contributed by atoms with Crippen LogP contribution in [0.15, 0.2) is 22.8 Å². The van der Waals surface area contributed by atoms with Gasteiger partial charge in [-0.1, -0.05) is 29.8 Å². The highest BCUT2D eigenvalue weighted by Gasteiger charge is 2.14. The fourth-order valence-electron chi connectivity index (χ4n) is 0.950. The summed E-state index contributed by atoms with van der Waals surface area (Å²) in [6, 6.07) is 3.95. The summed E-state index contributed by atoms with van der Waals surface area (Å²) in [5, 5.41) is 0. The molecule has 0 aliphatic rings. The molecule has 2 unspecified atom stereocenters. The van der Waals surface area contributed by atoms with Gasteiger partial charge in [-0.15, -0.1) is 0 Å². The minimum atomic E-state index is 0.431. The third-order valence-electron chi connectivity index (χ3n) is 1.91. The summed E-state index contributed by atoms with van der Waals surface area (Å²) >= 11 is 7.03. The molecule has 3 heteroatoms. The van der Waals surface area contributed by atoms with Crippen LogP contribution in [-0.4, -0.2) is 9.81 Å². The summed E-state index contributed by atoms with van der Waals surface area (Å²) in [5.41, 5.74) is 1.11. The number of pyridine rings is 1. The lowest BCUT2D eigenvalue weighted by atomic mass is 10.0. The summed E-state index contributed by atoms with van der Waals surface area (Å²) in [4.78, 5) is 4.77. The van der Waals surface area contributed by atoms with Gasteiger partial charge >= 0.3 is 0 Å². The highest BCUT2D eigenvalue weighted by atomic mass is 79.9. The van der Waals surface area contributed by atoms with Gasteiger partial charge in [0.05, 0.1) is 5.69 Å². The number of hydrogen-bond acceptors (Lipinski definition) is 1. The van der Waals surface area contributed by atoms with Crippen LogP contribution in [-0.2, 0) is 0 Å². The predicted molar refractivity (Wildman–Crippen MR) is 58.7 cm³/mol. The highest BCUT2D eigenvalue weighted by molar-refractivity contribution is 9.10. The third kappa shape index (κ3) is 2.30. The van der Waals surface area contributed by atoms with Crippen molar-refractivity contribution < 1.29 is 0 Å². The number of aromatic nitrogens is 1. The van der Waals surface area contributed by atoms with Crippen molar-refractivity contribution in [2.45, 2.75) is 24.6 Å². The molecule has 66 valence electrons. The second-order valence-corrected chi connectivity index (χ2v) is 5.14. The summed E-state index contributed by atoms with van der Waals surface area (Å²) in [6.07, 6.45) is 1.83. The lowest BCUT2D eigenvalue weighted by Crippen LogP contribution is -2.06. The zero-order valence-electron chi connectivity index (χ0n) is 7.09. The van der Waals surface area contributed by atoms with Gasteiger partial charge in [0.15, 0.2) is 0 Å². The number of halogens is 2. The Kier molecular flexibility index (Phi) is 3.72. The number of nitrogens with zero attached hydrogens (tertiary/aromatic N) is 1. The second kappa shape index (κ2) is 4.38. The van der Waals surface area contributed by atoms with Crippen molar-refractivity contribution in [2.75, 3.05) is 0 Å². The van der Waals surface area contributed by atoms with E-state index >= 15 is 0 Å². The molecule has 1 rings (SSSR count). The number of hydrogen-bond donors (Lipinski definition) is 0. The molecule has 0 aliphatic carbocycles. The summed E-state index contributed by atoms with van der Waals surface area (Å²) in [5.74, 6) is 0.431. The van der Waals surface area contributed by atoms with Crippen molar-refractivity contribution in [2.24, 2.45) is 0 Å². The average molecular weight is 293 g/mol. The molecule has 1 aromatic heterocycles. The third-order valence-corrected chi connectivity index (χ3v) is 3.37. The molecule has 0 radical (unpaired) electrons. The van der Waals surface area contributed by atoms with Crippen LogP contribution in [0.25, 0.3) is 0 Å². The lowest BCUT2D eigenvalue weighted by molar-refractivity contribution is 0.729. The molecule has 0 aliphatic heterocycles. The van der Waals surface area contributed by atoms with Crippen LogP contribution < -0.4 is 0 Å². The van der Waals surface area contributed by atoms with Crippen molar-refractivity contribution in [3.63, 3.8) is 0 Å². The largest absolute Gasteiger partial charge is 0.260 e. The maximum atomic E-state index is 4.32. The van der Waals surface area contributed by atoms with Gasteiger partial charge in [-0.05, 0) is 28.1 Å². The lowest BCUT2D eigenvalue weighted by Gasteiger charge is -2.14. The average Bonchev–Trinajstić information content (AvgIpc) is 2.04. The van der Waals surface area contributed by atoms with E-state index < -0.39 is 0 Å². The summed E-state index contributed by atoms with van der Waals surface area (Å²) < 4.78 is 1.09. The van der Waals surface area contributed by atoms with Crippen LogP contribution in [0.5, 0.6) is 0 Å². The van der Waals surface area contributed by atoms with E-state index in [1.807, 2.05) is 18.3 Å². The van der Waals surface area contributed by atoms with Gasteiger partial charge in [0, 0.05) is 21.4 Å². The normalized spacial score (nSPS) is 15.7. The first-order chi connectivity index (χ1) is 5.63. The Labute approximate surface area is 89.8 Å². The van der Waals surface area contributed by atoms with Gasteiger partial charge in [0.1, 0.15) is 0 Å². The molecule has 0 saturated carbocycles. The topological polar surface area (TPSA) is 12.9 Å². The Hall–Kier alpha value is 0.110. The standard InChI is InChI=1S/C9H11Br2N/c1-6(7(2)10)9-8(11)4-3-5-12-9/h3-7H,1-2H3. The van der Waals surface area contributed by atoms with Crippen molar-refractivity contribution in [1.82, 2.24) is 4.98 Å². The van der Waals surface area contributed by atoms with E-state index in [0.717, 1.165) is 10.2 Å². The van der Waals surface area contributed by atoms with Crippen LogP contribution in [0, 0.1) is 0 Å². The van der Waals surface area contributed by atoms with Crippen LogP contribution in [0.2, 0.25) is 0 Å². The van der Waals surface area contributed by atoms with E-state index in [-0.39, 0.29) is 0 Å². The van der Waals surface area contributed by atoms with Crippen molar-refractivity contribution in [3.05, 3.63) is 28.5 Å². The van der Waals surface area contributed by atoms with Crippen molar-refractivity contribution >= 4 is 31.9 Å².